The van der Waals surface area contributed by atoms with E-state index >= 15 is 0 Å². The quantitative estimate of drug-likeness (QED) is 0.724. The van der Waals surface area contributed by atoms with Crippen molar-refractivity contribution < 1.29 is 9.90 Å². The SMILES string of the molecule is CN1CCCn2cccc2C1C(=O)O. The molecular weight excluding hydrogens is 180 g/mol. The zero-order valence-electron chi connectivity index (χ0n) is 8.18. The van der Waals surface area contributed by atoms with Gasteiger partial charge in [-0.3, -0.25) is 9.69 Å². The minimum atomic E-state index is -0.769. The monoisotopic (exact) mass is 194 g/mol. The van der Waals surface area contributed by atoms with Crippen molar-refractivity contribution in [2.24, 2.45) is 0 Å². The van der Waals surface area contributed by atoms with Crippen molar-refractivity contribution in [2.45, 2.75) is 19.0 Å². The Bertz CT molecular complexity index is 346. The number of aryl methyl sites for hydroxylation is 1. The lowest BCUT2D eigenvalue weighted by Gasteiger charge is -2.21. The number of carboxylic acid groups (broad SMARTS) is 1. The molecule has 4 heteroatoms. The van der Waals surface area contributed by atoms with Crippen LogP contribution in [0.3, 0.4) is 0 Å². The highest BCUT2D eigenvalue weighted by Gasteiger charge is 2.28. The molecule has 4 nitrogen and oxygen atoms in total. The van der Waals surface area contributed by atoms with E-state index in [0.29, 0.717) is 0 Å². The number of fused-ring (bicyclic) bond motifs is 1. The molecule has 1 aliphatic rings. The first kappa shape index (κ1) is 9.27. The molecule has 0 saturated carbocycles. The van der Waals surface area contributed by atoms with E-state index < -0.39 is 12.0 Å². The van der Waals surface area contributed by atoms with Gasteiger partial charge in [-0.25, -0.2) is 0 Å². The molecule has 2 heterocycles. The molecule has 0 radical (unpaired) electrons. The van der Waals surface area contributed by atoms with Crippen molar-refractivity contribution in [3.05, 3.63) is 24.0 Å². The summed E-state index contributed by atoms with van der Waals surface area (Å²) in [4.78, 5) is 13.0. The first-order chi connectivity index (χ1) is 6.70. The van der Waals surface area contributed by atoms with Gasteiger partial charge in [-0.1, -0.05) is 0 Å². The summed E-state index contributed by atoms with van der Waals surface area (Å²) in [5.74, 6) is -0.769. The number of aliphatic carboxylic acids is 1. The Morgan fingerprint density at radius 2 is 2.36 bits per heavy atom. The van der Waals surface area contributed by atoms with Crippen molar-refractivity contribution in [3.63, 3.8) is 0 Å². The first-order valence-electron chi connectivity index (χ1n) is 4.78. The molecular formula is C10H14N2O2. The summed E-state index contributed by atoms with van der Waals surface area (Å²) in [6, 6.07) is 3.30. The van der Waals surface area contributed by atoms with Gasteiger partial charge >= 0.3 is 5.97 Å². The number of aromatic nitrogens is 1. The van der Waals surface area contributed by atoms with Crippen LogP contribution in [0.4, 0.5) is 0 Å². The van der Waals surface area contributed by atoms with Crippen LogP contribution >= 0.6 is 0 Å². The lowest BCUT2D eigenvalue weighted by Crippen LogP contribution is -2.30. The van der Waals surface area contributed by atoms with Gasteiger partial charge in [-0.05, 0) is 25.6 Å². The average molecular weight is 194 g/mol. The summed E-state index contributed by atoms with van der Waals surface area (Å²) in [5, 5.41) is 9.14. The Morgan fingerprint density at radius 3 is 3.07 bits per heavy atom. The molecule has 0 fully saturated rings. The van der Waals surface area contributed by atoms with Crippen molar-refractivity contribution in [1.82, 2.24) is 9.47 Å². The number of nitrogens with zero attached hydrogens (tertiary/aromatic N) is 2. The Hall–Kier alpha value is -1.29. The molecule has 14 heavy (non-hydrogen) atoms. The smallest absolute Gasteiger partial charge is 0.327 e. The number of carbonyl (C=O) groups is 1. The summed E-state index contributed by atoms with van der Waals surface area (Å²) in [7, 11) is 1.86. The van der Waals surface area contributed by atoms with E-state index in [-0.39, 0.29) is 0 Å². The maximum Gasteiger partial charge on any atom is 0.327 e. The standard InChI is InChI=1S/C10H14N2O2/c1-11-5-3-7-12-6-2-4-8(12)9(11)10(13)14/h2,4,6,9H,3,5,7H2,1H3,(H,13,14). The van der Waals surface area contributed by atoms with E-state index in [4.69, 9.17) is 5.11 Å². The molecule has 1 aliphatic heterocycles. The second kappa shape index (κ2) is 3.46. The highest BCUT2D eigenvalue weighted by molar-refractivity contribution is 5.75. The highest BCUT2D eigenvalue weighted by atomic mass is 16.4. The predicted octanol–water partition coefficient (Wildman–Crippen LogP) is 0.949. The largest absolute Gasteiger partial charge is 0.480 e. The first-order valence-corrected chi connectivity index (χ1v) is 4.78. The van der Waals surface area contributed by atoms with Crippen LogP contribution in [0.5, 0.6) is 0 Å². The van der Waals surface area contributed by atoms with Gasteiger partial charge in [0, 0.05) is 25.0 Å². The van der Waals surface area contributed by atoms with Gasteiger partial charge in [-0.2, -0.15) is 0 Å². The minimum absolute atomic E-state index is 0.493. The van der Waals surface area contributed by atoms with Gasteiger partial charge in [-0.15, -0.1) is 0 Å². The van der Waals surface area contributed by atoms with Crippen LogP contribution in [0.15, 0.2) is 18.3 Å². The van der Waals surface area contributed by atoms with Gasteiger partial charge in [0.15, 0.2) is 0 Å². The Morgan fingerprint density at radius 1 is 1.57 bits per heavy atom. The van der Waals surface area contributed by atoms with Crippen molar-refractivity contribution in [2.75, 3.05) is 13.6 Å². The lowest BCUT2D eigenvalue weighted by atomic mass is 10.2. The third kappa shape index (κ3) is 1.42. The topological polar surface area (TPSA) is 45.5 Å². The summed E-state index contributed by atoms with van der Waals surface area (Å²) in [5.41, 5.74) is 0.887. The van der Waals surface area contributed by atoms with Gasteiger partial charge in [0.1, 0.15) is 6.04 Å². The van der Waals surface area contributed by atoms with E-state index in [9.17, 15) is 4.79 Å². The van der Waals surface area contributed by atoms with Gasteiger partial charge in [0.2, 0.25) is 0 Å². The summed E-state index contributed by atoms with van der Waals surface area (Å²) < 4.78 is 2.03. The summed E-state index contributed by atoms with van der Waals surface area (Å²) in [6.07, 6.45) is 2.95. The van der Waals surface area contributed by atoms with E-state index in [0.717, 1.165) is 25.2 Å². The Labute approximate surface area is 82.7 Å². The molecule has 0 bridgehead atoms. The van der Waals surface area contributed by atoms with Crippen LogP contribution in [0.2, 0.25) is 0 Å². The molecule has 76 valence electrons. The van der Waals surface area contributed by atoms with Crippen molar-refractivity contribution in [1.29, 1.82) is 0 Å². The number of likely N-dealkylation sites (N-methyl/N-ethyl adjacent to an activating group) is 1. The fourth-order valence-corrected chi connectivity index (χ4v) is 2.04. The Kier molecular flexibility index (Phi) is 2.29. The normalized spacial score (nSPS) is 22.8. The second-order valence-corrected chi connectivity index (χ2v) is 3.70. The summed E-state index contributed by atoms with van der Waals surface area (Å²) in [6.45, 7) is 1.75. The molecule has 1 aromatic heterocycles. The van der Waals surface area contributed by atoms with Gasteiger partial charge in [0.05, 0.1) is 0 Å². The molecule has 0 amide bonds. The van der Waals surface area contributed by atoms with Crippen LogP contribution in [0.1, 0.15) is 18.2 Å². The van der Waals surface area contributed by atoms with Crippen LogP contribution < -0.4 is 0 Å². The third-order valence-electron chi connectivity index (χ3n) is 2.73. The molecule has 2 rings (SSSR count). The number of carboxylic acids is 1. The highest BCUT2D eigenvalue weighted by Crippen LogP contribution is 2.23. The molecule has 1 atom stereocenters. The molecule has 0 spiro atoms. The minimum Gasteiger partial charge on any atom is -0.480 e. The number of rotatable bonds is 1. The predicted molar refractivity (Wildman–Crippen MR) is 52.1 cm³/mol. The molecule has 1 N–H and O–H groups in total. The van der Waals surface area contributed by atoms with E-state index in [1.165, 1.54) is 0 Å². The fourth-order valence-electron chi connectivity index (χ4n) is 2.04. The van der Waals surface area contributed by atoms with Gasteiger partial charge < -0.3 is 9.67 Å². The number of hydrogen-bond donors (Lipinski definition) is 1. The zero-order valence-corrected chi connectivity index (χ0v) is 8.18. The maximum atomic E-state index is 11.1. The molecule has 1 aromatic rings. The van der Waals surface area contributed by atoms with Crippen molar-refractivity contribution in [3.8, 4) is 0 Å². The maximum absolute atomic E-state index is 11.1. The van der Waals surface area contributed by atoms with Crippen molar-refractivity contribution >= 4 is 5.97 Å². The molecule has 0 aliphatic carbocycles. The second-order valence-electron chi connectivity index (χ2n) is 3.70. The van der Waals surface area contributed by atoms with Crippen LogP contribution in [0.25, 0.3) is 0 Å². The number of hydrogen-bond acceptors (Lipinski definition) is 2. The van der Waals surface area contributed by atoms with Crippen LogP contribution in [0, 0.1) is 0 Å². The lowest BCUT2D eigenvalue weighted by molar-refractivity contribution is -0.143. The molecule has 0 saturated heterocycles. The average Bonchev–Trinajstić information content (AvgIpc) is 2.47. The molecule has 0 aromatic carbocycles. The van der Waals surface area contributed by atoms with E-state index in [1.54, 1.807) is 0 Å². The Balaban J connectivity index is 2.41. The fraction of sp³-hybridized carbons (Fsp3) is 0.500. The zero-order chi connectivity index (χ0) is 10.1. The van der Waals surface area contributed by atoms with Crippen LogP contribution in [-0.4, -0.2) is 34.1 Å². The van der Waals surface area contributed by atoms with E-state index in [1.807, 2.05) is 34.8 Å². The summed E-state index contributed by atoms with van der Waals surface area (Å²) >= 11 is 0. The van der Waals surface area contributed by atoms with Gasteiger partial charge in [0.25, 0.3) is 0 Å². The van der Waals surface area contributed by atoms with Crippen LogP contribution in [-0.2, 0) is 11.3 Å². The molecule has 1 unspecified atom stereocenters. The van der Waals surface area contributed by atoms with E-state index in [2.05, 4.69) is 0 Å². The third-order valence-corrected chi connectivity index (χ3v) is 2.73.